The van der Waals surface area contributed by atoms with E-state index in [1.807, 2.05) is 25.1 Å². The van der Waals surface area contributed by atoms with Crippen LogP contribution in [0.5, 0.6) is 0 Å². The summed E-state index contributed by atoms with van der Waals surface area (Å²) in [5, 5.41) is 7.79. The number of nitrogens with zero attached hydrogens (tertiary/aromatic N) is 3. The van der Waals surface area contributed by atoms with E-state index in [4.69, 9.17) is 0 Å². The lowest BCUT2D eigenvalue weighted by Crippen LogP contribution is -2.42. The van der Waals surface area contributed by atoms with Crippen molar-refractivity contribution in [2.75, 3.05) is 19.6 Å². The first kappa shape index (κ1) is 13.6. The minimum absolute atomic E-state index is 0.149. The summed E-state index contributed by atoms with van der Waals surface area (Å²) in [6.45, 7) is 4.74. The van der Waals surface area contributed by atoms with Crippen molar-refractivity contribution in [3.05, 3.63) is 17.5 Å². The number of hydrogen-bond acceptors (Lipinski definition) is 3. The Balaban J connectivity index is 1.72. The number of hydrogen-bond donors (Lipinski definition) is 1. The van der Waals surface area contributed by atoms with Gasteiger partial charge in [0, 0.05) is 32.4 Å². The Kier molecular flexibility index (Phi) is 3.78. The van der Waals surface area contributed by atoms with Crippen LogP contribution in [-0.4, -0.2) is 46.3 Å². The van der Waals surface area contributed by atoms with Gasteiger partial charge in [-0.1, -0.05) is 0 Å². The zero-order valence-electron chi connectivity index (χ0n) is 12.4. The van der Waals surface area contributed by atoms with E-state index in [0.29, 0.717) is 6.04 Å². The predicted molar refractivity (Wildman–Crippen MR) is 77.6 cm³/mol. The Bertz CT molecular complexity index is 486. The van der Waals surface area contributed by atoms with Gasteiger partial charge in [0.05, 0.1) is 11.3 Å². The summed E-state index contributed by atoms with van der Waals surface area (Å²) in [6.07, 6.45) is 6.80. The molecule has 0 aromatic carbocycles. The first-order valence-corrected chi connectivity index (χ1v) is 7.66. The van der Waals surface area contributed by atoms with Crippen LogP contribution < -0.4 is 5.32 Å². The van der Waals surface area contributed by atoms with Crippen LogP contribution in [0.2, 0.25) is 0 Å². The smallest absolute Gasteiger partial charge is 0.257 e. The average Bonchev–Trinajstić information content (AvgIpc) is 2.94. The summed E-state index contributed by atoms with van der Waals surface area (Å²) < 4.78 is 1.73. The molecule has 5 heteroatoms. The van der Waals surface area contributed by atoms with Gasteiger partial charge in [-0.2, -0.15) is 5.10 Å². The monoisotopic (exact) mass is 276 g/mol. The molecular weight excluding hydrogens is 252 g/mol. The molecule has 2 heterocycles. The average molecular weight is 276 g/mol. The van der Waals surface area contributed by atoms with Crippen molar-refractivity contribution in [2.24, 2.45) is 13.0 Å². The number of aromatic nitrogens is 2. The minimum Gasteiger partial charge on any atom is -0.337 e. The van der Waals surface area contributed by atoms with Crippen LogP contribution in [0.4, 0.5) is 0 Å². The van der Waals surface area contributed by atoms with Crippen LogP contribution in [0, 0.1) is 12.8 Å². The van der Waals surface area contributed by atoms with Gasteiger partial charge in [-0.05, 0) is 45.1 Å². The molecule has 2 aliphatic rings. The number of rotatable bonds is 5. The van der Waals surface area contributed by atoms with Crippen molar-refractivity contribution in [2.45, 2.75) is 38.6 Å². The van der Waals surface area contributed by atoms with Gasteiger partial charge in [0.2, 0.25) is 0 Å². The molecule has 3 rings (SSSR count). The van der Waals surface area contributed by atoms with Gasteiger partial charge >= 0.3 is 0 Å². The second-order valence-corrected chi connectivity index (χ2v) is 6.25. The van der Waals surface area contributed by atoms with E-state index in [1.54, 1.807) is 4.68 Å². The molecule has 1 aromatic rings. The molecule has 1 aliphatic carbocycles. The number of amides is 1. The van der Waals surface area contributed by atoms with Gasteiger partial charge < -0.3 is 10.2 Å². The highest BCUT2D eigenvalue weighted by atomic mass is 16.2. The first-order valence-electron chi connectivity index (χ1n) is 7.66. The fourth-order valence-corrected chi connectivity index (χ4v) is 3.01. The molecular formula is C15H24N4O. The molecule has 1 saturated carbocycles. The lowest BCUT2D eigenvalue weighted by Gasteiger charge is -2.25. The highest BCUT2D eigenvalue weighted by Crippen LogP contribution is 2.30. The number of aryl methyl sites for hydroxylation is 2. The summed E-state index contributed by atoms with van der Waals surface area (Å²) in [4.78, 5) is 14.8. The summed E-state index contributed by atoms with van der Waals surface area (Å²) >= 11 is 0. The summed E-state index contributed by atoms with van der Waals surface area (Å²) in [7, 11) is 1.87. The lowest BCUT2D eigenvalue weighted by molar-refractivity contribution is 0.0733. The third kappa shape index (κ3) is 3.03. The Morgan fingerprint density at radius 1 is 1.45 bits per heavy atom. The van der Waals surface area contributed by atoms with Gasteiger partial charge in [-0.25, -0.2) is 0 Å². The zero-order valence-corrected chi connectivity index (χ0v) is 12.4. The van der Waals surface area contributed by atoms with Crippen LogP contribution in [0.15, 0.2) is 6.20 Å². The molecule has 110 valence electrons. The molecule has 1 aromatic heterocycles. The molecule has 0 radical (unpaired) electrons. The Labute approximate surface area is 120 Å². The molecule has 1 aliphatic heterocycles. The van der Waals surface area contributed by atoms with Crippen molar-refractivity contribution < 1.29 is 4.79 Å². The number of carbonyl (C=O) groups is 1. The zero-order chi connectivity index (χ0) is 14.1. The number of nitrogens with one attached hydrogen (secondary N) is 1. The first-order chi connectivity index (χ1) is 9.63. The lowest BCUT2D eigenvalue weighted by atomic mass is 10.1. The van der Waals surface area contributed by atoms with E-state index >= 15 is 0 Å². The van der Waals surface area contributed by atoms with Crippen molar-refractivity contribution >= 4 is 5.91 Å². The Morgan fingerprint density at radius 3 is 2.80 bits per heavy atom. The molecule has 1 N–H and O–H groups in total. The molecule has 1 atom stereocenters. The van der Waals surface area contributed by atoms with Crippen LogP contribution in [-0.2, 0) is 7.05 Å². The molecule has 1 unspecified atom stereocenters. The van der Waals surface area contributed by atoms with E-state index in [1.165, 1.54) is 25.7 Å². The van der Waals surface area contributed by atoms with E-state index in [-0.39, 0.29) is 5.91 Å². The Morgan fingerprint density at radius 2 is 2.25 bits per heavy atom. The van der Waals surface area contributed by atoms with Gasteiger partial charge in [0.25, 0.3) is 5.91 Å². The highest BCUT2D eigenvalue weighted by Gasteiger charge is 2.30. The fourth-order valence-electron chi connectivity index (χ4n) is 3.01. The predicted octanol–water partition coefficient (Wildman–Crippen LogP) is 1.33. The van der Waals surface area contributed by atoms with E-state index in [0.717, 1.165) is 36.8 Å². The van der Waals surface area contributed by atoms with Crippen molar-refractivity contribution in [1.29, 1.82) is 0 Å². The third-order valence-corrected chi connectivity index (χ3v) is 4.31. The van der Waals surface area contributed by atoms with E-state index < -0.39 is 0 Å². The minimum atomic E-state index is 0.149. The molecule has 2 fully saturated rings. The molecule has 0 spiro atoms. The maximum atomic E-state index is 12.8. The standard InChI is InChI=1S/C15H24N4O/c1-11-14(10-18(2)17-11)15(20)19(8-12-5-6-12)9-13-4-3-7-16-13/h10,12-13,16H,3-9H2,1-2H3. The SMILES string of the molecule is Cc1nn(C)cc1C(=O)N(CC1CC1)CC1CCCN1. The van der Waals surface area contributed by atoms with Crippen LogP contribution in [0.25, 0.3) is 0 Å². The highest BCUT2D eigenvalue weighted by molar-refractivity contribution is 5.95. The van der Waals surface area contributed by atoms with Gasteiger partial charge in [-0.15, -0.1) is 0 Å². The van der Waals surface area contributed by atoms with Gasteiger partial charge in [0.15, 0.2) is 0 Å². The van der Waals surface area contributed by atoms with Gasteiger partial charge in [-0.3, -0.25) is 9.48 Å². The summed E-state index contributed by atoms with van der Waals surface area (Å²) in [5.41, 5.74) is 1.59. The maximum Gasteiger partial charge on any atom is 0.257 e. The summed E-state index contributed by atoms with van der Waals surface area (Å²) in [5.74, 6) is 0.869. The third-order valence-electron chi connectivity index (χ3n) is 4.31. The molecule has 5 nitrogen and oxygen atoms in total. The van der Waals surface area contributed by atoms with Crippen LogP contribution in [0.3, 0.4) is 0 Å². The van der Waals surface area contributed by atoms with E-state index in [2.05, 4.69) is 10.4 Å². The van der Waals surface area contributed by atoms with Crippen molar-refractivity contribution in [3.63, 3.8) is 0 Å². The Hall–Kier alpha value is -1.36. The molecule has 1 amide bonds. The van der Waals surface area contributed by atoms with Crippen molar-refractivity contribution in [1.82, 2.24) is 20.0 Å². The molecule has 20 heavy (non-hydrogen) atoms. The fraction of sp³-hybridized carbons (Fsp3) is 0.733. The maximum absolute atomic E-state index is 12.8. The topological polar surface area (TPSA) is 50.2 Å². The normalized spacial score (nSPS) is 22.2. The van der Waals surface area contributed by atoms with Crippen molar-refractivity contribution in [3.8, 4) is 0 Å². The summed E-state index contributed by atoms with van der Waals surface area (Å²) in [6, 6.07) is 0.467. The second-order valence-electron chi connectivity index (χ2n) is 6.25. The number of carbonyl (C=O) groups excluding carboxylic acids is 1. The molecule has 1 saturated heterocycles. The van der Waals surface area contributed by atoms with Crippen LogP contribution >= 0.6 is 0 Å². The quantitative estimate of drug-likeness (QED) is 0.883. The second kappa shape index (κ2) is 5.56. The van der Waals surface area contributed by atoms with Gasteiger partial charge in [0.1, 0.15) is 0 Å². The van der Waals surface area contributed by atoms with E-state index in [9.17, 15) is 4.79 Å². The molecule has 0 bridgehead atoms. The largest absolute Gasteiger partial charge is 0.337 e. The van der Waals surface area contributed by atoms with Crippen LogP contribution in [0.1, 0.15) is 41.7 Å².